The van der Waals surface area contributed by atoms with Crippen LogP contribution in [0.25, 0.3) is 11.0 Å². The molecule has 8 nitrogen and oxygen atoms in total. The summed E-state index contributed by atoms with van der Waals surface area (Å²) in [5.41, 5.74) is 9.19. The van der Waals surface area contributed by atoms with Gasteiger partial charge in [0.1, 0.15) is 5.52 Å². The number of ether oxygens (including phenoxy) is 1. The molecule has 9 heteroatoms. The van der Waals surface area contributed by atoms with Gasteiger partial charge in [0.05, 0.1) is 23.4 Å². The molecule has 0 bridgehead atoms. The van der Waals surface area contributed by atoms with Crippen molar-refractivity contribution < 1.29 is 17.9 Å². The summed E-state index contributed by atoms with van der Waals surface area (Å²) in [6.45, 7) is 7.11. The predicted molar refractivity (Wildman–Crippen MR) is 166 cm³/mol. The van der Waals surface area contributed by atoms with Crippen molar-refractivity contribution in [2.75, 3.05) is 13.2 Å². The van der Waals surface area contributed by atoms with E-state index in [-0.39, 0.29) is 24.2 Å². The fourth-order valence-corrected chi connectivity index (χ4v) is 8.75. The number of carbonyl (C=O) groups is 1. The quantitative estimate of drug-likeness (QED) is 0.244. The number of carbonyl (C=O) groups excluding carboxylic acids is 1. The van der Waals surface area contributed by atoms with Gasteiger partial charge < -0.3 is 4.74 Å². The number of hydrogen-bond acceptors (Lipinski definition) is 6. The van der Waals surface area contributed by atoms with Crippen molar-refractivity contribution >= 4 is 27.0 Å². The summed E-state index contributed by atoms with van der Waals surface area (Å²) in [5.74, 6) is -0.279. The van der Waals surface area contributed by atoms with Crippen LogP contribution in [0.5, 0.6) is 0 Å². The van der Waals surface area contributed by atoms with Gasteiger partial charge >= 0.3 is 5.97 Å². The highest BCUT2D eigenvalue weighted by molar-refractivity contribution is 7.89. The Balaban J connectivity index is 1.45. The van der Waals surface area contributed by atoms with E-state index < -0.39 is 10.0 Å². The molecule has 4 aromatic rings. The van der Waals surface area contributed by atoms with Gasteiger partial charge in [-0.1, -0.05) is 55.0 Å². The van der Waals surface area contributed by atoms with E-state index in [0.717, 1.165) is 71.0 Å². The van der Waals surface area contributed by atoms with Gasteiger partial charge in [-0.05, 0) is 96.5 Å². The van der Waals surface area contributed by atoms with E-state index in [9.17, 15) is 13.2 Å². The smallest absolute Gasteiger partial charge is 0.306 e. The third-order valence-electron chi connectivity index (χ3n) is 9.35. The molecule has 2 heterocycles. The number of fused-ring (bicyclic) bond motifs is 3. The van der Waals surface area contributed by atoms with Gasteiger partial charge in [0, 0.05) is 26.1 Å². The minimum absolute atomic E-state index is 0.186. The van der Waals surface area contributed by atoms with E-state index in [2.05, 4.69) is 35.4 Å². The Bertz CT molecular complexity index is 1800. The second-order valence-corrected chi connectivity index (χ2v) is 13.9. The molecule has 0 N–H and O–H groups in total. The first-order valence-corrected chi connectivity index (χ1v) is 16.8. The van der Waals surface area contributed by atoms with E-state index in [1.807, 2.05) is 45.2 Å². The number of rotatable bonds is 8. The second-order valence-electron chi connectivity index (χ2n) is 12.0. The zero-order valence-corrected chi connectivity index (χ0v) is 26.3. The van der Waals surface area contributed by atoms with Crippen molar-refractivity contribution in [2.45, 2.75) is 76.7 Å². The minimum Gasteiger partial charge on any atom is -0.466 e. The Labute approximate surface area is 254 Å². The van der Waals surface area contributed by atoms with E-state index in [1.54, 1.807) is 15.1 Å². The summed E-state index contributed by atoms with van der Waals surface area (Å²) in [6.07, 6.45) is 4.76. The van der Waals surface area contributed by atoms with Gasteiger partial charge in [-0.25, -0.2) is 13.1 Å². The molecule has 2 aliphatic rings. The molecule has 0 saturated carbocycles. The van der Waals surface area contributed by atoms with E-state index in [0.29, 0.717) is 24.6 Å². The van der Waals surface area contributed by atoms with Crippen LogP contribution in [0.3, 0.4) is 0 Å². The molecule has 1 aromatic heterocycles. The number of sulfonamides is 1. The Morgan fingerprint density at radius 2 is 1.91 bits per heavy atom. The molecule has 0 amide bonds. The lowest BCUT2D eigenvalue weighted by atomic mass is 9.83. The number of benzene rings is 3. The Morgan fingerprint density at radius 1 is 1.09 bits per heavy atom. The maximum absolute atomic E-state index is 14.1. The molecule has 0 spiro atoms. The fraction of sp³-hybridized carbons (Fsp3) is 0.441. The topological polar surface area (TPSA) is 94.4 Å². The summed E-state index contributed by atoms with van der Waals surface area (Å²) >= 11 is 0. The van der Waals surface area contributed by atoms with Crippen LogP contribution in [0.4, 0.5) is 0 Å². The van der Waals surface area contributed by atoms with Crippen molar-refractivity contribution in [2.24, 2.45) is 13.0 Å². The van der Waals surface area contributed by atoms with Crippen LogP contribution in [0.2, 0.25) is 0 Å². The van der Waals surface area contributed by atoms with Crippen LogP contribution in [-0.2, 0) is 52.4 Å². The highest BCUT2D eigenvalue weighted by atomic mass is 32.2. The monoisotopic (exact) mass is 600 g/mol. The van der Waals surface area contributed by atoms with Gasteiger partial charge in [-0.2, -0.15) is 4.31 Å². The van der Waals surface area contributed by atoms with Gasteiger partial charge in [0.2, 0.25) is 10.0 Å². The summed E-state index contributed by atoms with van der Waals surface area (Å²) < 4.78 is 37.0. The molecule has 1 aliphatic carbocycles. The predicted octanol–water partition coefficient (Wildman–Crippen LogP) is 5.62. The molecular weight excluding hydrogens is 560 g/mol. The molecule has 226 valence electrons. The molecule has 0 saturated heterocycles. The van der Waals surface area contributed by atoms with Crippen LogP contribution < -0.4 is 0 Å². The molecule has 0 radical (unpaired) electrons. The average molecular weight is 601 g/mol. The number of nitrogens with zero attached hydrogens (tertiary/aromatic N) is 4. The fourth-order valence-electron chi connectivity index (χ4n) is 7.02. The van der Waals surface area contributed by atoms with E-state index in [1.165, 1.54) is 11.1 Å². The molecule has 3 aromatic carbocycles. The van der Waals surface area contributed by atoms with Crippen molar-refractivity contribution in [1.82, 2.24) is 19.3 Å². The molecule has 6 rings (SSSR count). The lowest BCUT2D eigenvalue weighted by Crippen LogP contribution is -2.33. The van der Waals surface area contributed by atoms with E-state index in [4.69, 9.17) is 4.74 Å². The summed E-state index contributed by atoms with van der Waals surface area (Å²) in [4.78, 5) is 13.4. The molecule has 1 aliphatic heterocycles. The maximum Gasteiger partial charge on any atom is 0.306 e. The largest absolute Gasteiger partial charge is 0.466 e. The second kappa shape index (κ2) is 11.8. The van der Waals surface area contributed by atoms with E-state index >= 15 is 0 Å². The Hall–Kier alpha value is -3.56. The molecule has 2 atom stereocenters. The highest BCUT2D eigenvalue weighted by Crippen LogP contribution is 2.39. The van der Waals surface area contributed by atoms with Crippen LogP contribution in [-0.4, -0.2) is 46.8 Å². The number of aromatic nitrogens is 3. The standard InChI is InChI=1S/C34H40N4O4S/c1-5-23-16-25-10-7-8-13-32(25)43(40,41)38(20-23)21-27-18-26(17-24-11-9-12-29(24)27)30(19-33(39)42-6-2)28-14-15-31-34(22(28)3)35-36-37(31)4/h7-8,10,13-15,17-18,23,30H,5-6,9,11-12,16,19-21H2,1-4H3/t23-,30+/m0/s1. The van der Waals surface area contributed by atoms with Crippen molar-refractivity contribution in [3.05, 3.63) is 87.5 Å². The summed E-state index contributed by atoms with van der Waals surface area (Å²) in [5, 5.41) is 8.61. The molecule has 43 heavy (non-hydrogen) atoms. The number of aryl methyl sites for hydroxylation is 3. The van der Waals surface area contributed by atoms with Gasteiger partial charge in [-0.3, -0.25) is 4.79 Å². The third kappa shape index (κ3) is 5.49. The minimum atomic E-state index is -3.68. The Kier molecular flexibility index (Phi) is 8.13. The average Bonchev–Trinajstić information content (AvgIpc) is 3.60. The van der Waals surface area contributed by atoms with Crippen LogP contribution in [0.1, 0.15) is 78.0 Å². The van der Waals surface area contributed by atoms with Gasteiger partial charge in [0.25, 0.3) is 0 Å². The zero-order chi connectivity index (χ0) is 30.3. The van der Waals surface area contributed by atoms with Crippen molar-refractivity contribution in [3.8, 4) is 0 Å². The third-order valence-corrected chi connectivity index (χ3v) is 11.3. The number of hydrogen-bond donors (Lipinski definition) is 0. The van der Waals surface area contributed by atoms with Crippen LogP contribution in [0, 0.1) is 12.8 Å². The molecule has 0 fully saturated rings. The first-order chi connectivity index (χ1) is 20.7. The summed E-state index contributed by atoms with van der Waals surface area (Å²) in [7, 11) is -1.81. The van der Waals surface area contributed by atoms with Gasteiger partial charge in [0.15, 0.2) is 0 Å². The first-order valence-electron chi connectivity index (χ1n) is 15.4. The lowest BCUT2D eigenvalue weighted by molar-refractivity contribution is -0.143. The number of esters is 1. The normalized spacial score (nSPS) is 18.7. The van der Waals surface area contributed by atoms with Crippen molar-refractivity contribution in [1.29, 1.82) is 0 Å². The SMILES string of the molecule is CCOC(=O)C[C@H](c1cc2c(c(CN3C[C@@H](CC)Cc4ccccc4S3(=O)=O)c1)CCC2)c1ccc2c(nnn2C)c1C. The van der Waals surface area contributed by atoms with Gasteiger partial charge in [-0.15, -0.1) is 5.10 Å². The maximum atomic E-state index is 14.1. The first kappa shape index (κ1) is 29.5. The van der Waals surface area contributed by atoms with Crippen LogP contribution >= 0.6 is 0 Å². The molecular formula is C34H40N4O4S. The molecule has 0 unspecified atom stereocenters. The Morgan fingerprint density at radius 3 is 2.70 bits per heavy atom. The van der Waals surface area contributed by atoms with Crippen molar-refractivity contribution in [3.63, 3.8) is 0 Å². The lowest BCUT2D eigenvalue weighted by Gasteiger charge is -2.26. The van der Waals surface area contributed by atoms with Crippen LogP contribution in [0.15, 0.2) is 53.4 Å². The zero-order valence-electron chi connectivity index (χ0n) is 25.5. The highest BCUT2D eigenvalue weighted by Gasteiger charge is 2.34. The summed E-state index contributed by atoms with van der Waals surface area (Å²) in [6, 6.07) is 15.9.